The highest BCUT2D eigenvalue weighted by Gasteiger charge is 2.45. The quantitative estimate of drug-likeness (QED) is 0.579. The first-order valence-corrected chi connectivity index (χ1v) is 8.26. The number of rotatable bonds is 4. The zero-order valence-electron chi connectivity index (χ0n) is 14.1. The summed E-state index contributed by atoms with van der Waals surface area (Å²) < 4.78 is 0. The summed E-state index contributed by atoms with van der Waals surface area (Å²) >= 11 is 0. The Morgan fingerprint density at radius 1 is 0.913 bits per heavy atom. The zero-order chi connectivity index (χ0) is 17.0. The highest BCUT2D eigenvalue weighted by Crippen LogP contribution is 2.36. The maximum absolute atomic E-state index is 10.8. The number of hydrogen-bond acceptors (Lipinski definition) is 4. The molecule has 23 heavy (non-hydrogen) atoms. The van der Waals surface area contributed by atoms with E-state index in [1.807, 2.05) is 13.8 Å². The lowest BCUT2D eigenvalue weighted by Gasteiger charge is -2.25. The standard InChI is InChI=1S/2C8H15NO2.BrH/c2*1-2-6-4-3-5-8(6,9)7(10)11;/h2*6H,2-5,9H2,1H3,(H,10,11);1H/t6-,8+;;/m0../s1. The van der Waals surface area contributed by atoms with Gasteiger partial charge in [0.2, 0.25) is 0 Å². The molecule has 0 radical (unpaired) electrons. The molecule has 0 aromatic heterocycles. The van der Waals surface area contributed by atoms with Crippen molar-refractivity contribution < 1.29 is 19.8 Å². The summed E-state index contributed by atoms with van der Waals surface area (Å²) in [7, 11) is 0. The van der Waals surface area contributed by atoms with E-state index in [0.717, 1.165) is 38.5 Å². The van der Waals surface area contributed by atoms with E-state index in [2.05, 4.69) is 0 Å². The number of nitrogens with two attached hydrogens (primary N) is 2. The Hall–Kier alpha value is -0.660. The van der Waals surface area contributed by atoms with Gasteiger partial charge in [0.15, 0.2) is 0 Å². The topological polar surface area (TPSA) is 127 Å². The van der Waals surface area contributed by atoms with Crippen molar-refractivity contribution in [1.29, 1.82) is 0 Å². The average Bonchev–Trinajstić information content (AvgIpc) is 3.04. The largest absolute Gasteiger partial charge is 0.480 e. The second-order valence-electron chi connectivity index (χ2n) is 6.69. The minimum Gasteiger partial charge on any atom is -0.480 e. The molecule has 0 saturated heterocycles. The average molecular weight is 395 g/mol. The first-order valence-electron chi connectivity index (χ1n) is 8.26. The first-order chi connectivity index (χ1) is 10.2. The van der Waals surface area contributed by atoms with Crippen LogP contribution in [0.5, 0.6) is 0 Å². The highest BCUT2D eigenvalue weighted by atomic mass is 79.9. The van der Waals surface area contributed by atoms with Crippen molar-refractivity contribution in [3.63, 3.8) is 0 Å². The van der Waals surface area contributed by atoms with Crippen LogP contribution in [-0.4, -0.2) is 33.2 Å². The molecule has 4 atom stereocenters. The van der Waals surface area contributed by atoms with Gasteiger partial charge in [0.25, 0.3) is 0 Å². The van der Waals surface area contributed by atoms with Crippen molar-refractivity contribution >= 4 is 28.9 Å². The molecule has 0 amide bonds. The molecular weight excluding hydrogens is 364 g/mol. The lowest BCUT2D eigenvalue weighted by atomic mass is 9.86. The van der Waals surface area contributed by atoms with E-state index >= 15 is 0 Å². The Morgan fingerprint density at radius 3 is 1.39 bits per heavy atom. The Morgan fingerprint density at radius 2 is 1.22 bits per heavy atom. The maximum atomic E-state index is 10.8. The van der Waals surface area contributed by atoms with Crippen LogP contribution in [0.4, 0.5) is 0 Å². The zero-order valence-corrected chi connectivity index (χ0v) is 15.8. The summed E-state index contributed by atoms with van der Waals surface area (Å²) in [6.07, 6.45) is 6.90. The molecule has 2 aliphatic carbocycles. The normalized spacial score (nSPS) is 35.8. The summed E-state index contributed by atoms with van der Waals surface area (Å²) in [6, 6.07) is 0. The summed E-state index contributed by atoms with van der Waals surface area (Å²) in [5, 5.41) is 17.7. The van der Waals surface area contributed by atoms with Crippen molar-refractivity contribution in [2.75, 3.05) is 0 Å². The molecule has 2 fully saturated rings. The number of aliphatic carboxylic acids is 2. The van der Waals surface area contributed by atoms with E-state index in [-0.39, 0.29) is 28.8 Å². The Bertz CT molecular complexity index is 383. The summed E-state index contributed by atoms with van der Waals surface area (Å²) in [6.45, 7) is 4.00. The van der Waals surface area contributed by atoms with Gasteiger partial charge in [0, 0.05) is 0 Å². The van der Waals surface area contributed by atoms with Gasteiger partial charge in [-0.3, -0.25) is 9.59 Å². The second-order valence-corrected chi connectivity index (χ2v) is 6.69. The van der Waals surface area contributed by atoms with Gasteiger partial charge in [-0.2, -0.15) is 0 Å². The van der Waals surface area contributed by atoms with Crippen molar-refractivity contribution in [1.82, 2.24) is 0 Å². The predicted octanol–water partition coefficient (Wildman–Crippen LogP) is 2.54. The SMILES string of the molecule is Br.CCC1CCCC1(N)C(=O)O.CC[C@H]1CCC[C@]1(N)C(=O)O. The van der Waals surface area contributed by atoms with Crippen LogP contribution in [-0.2, 0) is 9.59 Å². The van der Waals surface area contributed by atoms with E-state index < -0.39 is 23.0 Å². The molecule has 0 bridgehead atoms. The number of carbonyl (C=O) groups is 2. The molecule has 0 aromatic rings. The molecule has 0 aromatic carbocycles. The van der Waals surface area contributed by atoms with Crippen LogP contribution in [0, 0.1) is 11.8 Å². The molecule has 6 nitrogen and oxygen atoms in total. The van der Waals surface area contributed by atoms with Crippen LogP contribution in [0.3, 0.4) is 0 Å². The molecule has 2 rings (SSSR count). The molecule has 0 heterocycles. The van der Waals surface area contributed by atoms with E-state index in [0.29, 0.717) is 12.8 Å². The predicted molar refractivity (Wildman–Crippen MR) is 94.7 cm³/mol. The van der Waals surface area contributed by atoms with Gasteiger partial charge in [-0.25, -0.2) is 0 Å². The third-order valence-corrected chi connectivity index (χ3v) is 5.53. The van der Waals surface area contributed by atoms with Gasteiger partial charge in [0.1, 0.15) is 11.1 Å². The Balaban J connectivity index is 0.000000403. The van der Waals surface area contributed by atoms with Crippen LogP contribution in [0.2, 0.25) is 0 Å². The Kier molecular flexibility index (Phi) is 8.73. The molecule has 7 heteroatoms. The van der Waals surface area contributed by atoms with Crippen molar-refractivity contribution in [3.05, 3.63) is 0 Å². The van der Waals surface area contributed by atoms with Crippen molar-refractivity contribution in [2.24, 2.45) is 23.3 Å². The lowest BCUT2D eigenvalue weighted by molar-refractivity contribution is -0.145. The van der Waals surface area contributed by atoms with E-state index in [1.54, 1.807) is 0 Å². The molecule has 0 spiro atoms. The van der Waals surface area contributed by atoms with Gasteiger partial charge in [-0.05, 0) is 37.5 Å². The minimum atomic E-state index is -0.922. The summed E-state index contributed by atoms with van der Waals surface area (Å²) in [5.74, 6) is -1.30. The number of carboxylic acids is 2. The summed E-state index contributed by atoms with van der Waals surface area (Å²) in [4.78, 5) is 21.5. The Labute approximate surface area is 148 Å². The maximum Gasteiger partial charge on any atom is 0.323 e. The van der Waals surface area contributed by atoms with E-state index in [4.69, 9.17) is 21.7 Å². The number of halogens is 1. The van der Waals surface area contributed by atoms with Crippen LogP contribution >= 0.6 is 17.0 Å². The first kappa shape index (κ1) is 22.3. The van der Waals surface area contributed by atoms with Crippen LogP contribution < -0.4 is 11.5 Å². The van der Waals surface area contributed by atoms with Gasteiger partial charge >= 0.3 is 11.9 Å². The highest BCUT2D eigenvalue weighted by molar-refractivity contribution is 8.93. The van der Waals surface area contributed by atoms with Gasteiger partial charge < -0.3 is 21.7 Å². The van der Waals surface area contributed by atoms with Crippen LogP contribution in [0.15, 0.2) is 0 Å². The monoisotopic (exact) mass is 394 g/mol. The fourth-order valence-electron chi connectivity index (χ4n) is 3.91. The molecule has 2 saturated carbocycles. The fourth-order valence-corrected chi connectivity index (χ4v) is 3.91. The van der Waals surface area contributed by atoms with E-state index in [9.17, 15) is 9.59 Å². The second kappa shape index (κ2) is 8.99. The van der Waals surface area contributed by atoms with E-state index in [1.165, 1.54) is 0 Å². The molecular formula is C16H31BrN2O4. The van der Waals surface area contributed by atoms with Crippen molar-refractivity contribution in [3.8, 4) is 0 Å². The minimum absolute atomic E-state index is 0. The van der Waals surface area contributed by atoms with Crippen molar-refractivity contribution in [2.45, 2.75) is 76.3 Å². The van der Waals surface area contributed by atoms with Gasteiger partial charge in [-0.15, -0.1) is 17.0 Å². The lowest BCUT2D eigenvalue weighted by Crippen LogP contribution is -2.50. The van der Waals surface area contributed by atoms with Gasteiger partial charge in [-0.1, -0.05) is 39.5 Å². The summed E-state index contributed by atoms with van der Waals surface area (Å²) in [5.41, 5.74) is 9.67. The number of hydrogen-bond donors (Lipinski definition) is 4. The fraction of sp³-hybridized carbons (Fsp3) is 0.875. The third kappa shape index (κ3) is 4.67. The molecule has 0 aliphatic heterocycles. The van der Waals surface area contributed by atoms with Gasteiger partial charge in [0.05, 0.1) is 0 Å². The molecule has 2 unspecified atom stereocenters. The molecule has 2 aliphatic rings. The third-order valence-electron chi connectivity index (χ3n) is 5.53. The molecule has 6 N–H and O–H groups in total. The van der Waals surface area contributed by atoms with Crippen LogP contribution in [0.25, 0.3) is 0 Å². The number of carboxylic acid groups (broad SMARTS) is 2. The van der Waals surface area contributed by atoms with Crippen LogP contribution in [0.1, 0.15) is 65.2 Å². The molecule has 136 valence electrons. The smallest absolute Gasteiger partial charge is 0.323 e.